The van der Waals surface area contributed by atoms with Crippen LogP contribution in [0.25, 0.3) is 11.5 Å². The molecule has 118 valence electrons. The van der Waals surface area contributed by atoms with Crippen LogP contribution in [-0.4, -0.2) is 48.0 Å². The van der Waals surface area contributed by atoms with Gasteiger partial charge in [0.1, 0.15) is 5.75 Å². The molecule has 2 aromatic rings. The van der Waals surface area contributed by atoms with Gasteiger partial charge in [-0.1, -0.05) is 0 Å². The van der Waals surface area contributed by atoms with Crippen LogP contribution in [0.4, 0.5) is 0 Å². The molecule has 0 aliphatic carbocycles. The van der Waals surface area contributed by atoms with Crippen LogP contribution in [0.5, 0.6) is 5.75 Å². The molecule has 0 bridgehead atoms. The zero-order valence-corrected chi connectivity index (χ0v) is 13.2. The molecule has 0 radical (unpaired) electrons. The lowest BCUT2D eigenvalue weighted by Gasteiger charge is -2.33. The summed E-state index contributed by atoms with van der Waals surface area (Å²) in [6, 6.07) is 7.68. The van der Waals surface area contributed by atoms with Gasteiger partial charge in [0.2, 0.25) is 11.8 Å². The maximum atomic E-state index is 5.85. The minimum Gasteiger partial charge on any atom is -0.497 e. The SMILES string of the molecule is COc1ccc(-c2nnc([C@H](C)N3CCO[C@@H](C)C3)o2)cc1. The maximum Gasteiger partial charge on any atom is 0.247 e. The van der Waals surface area contributed by atoms with E-state index in [9.17, 15) is 0 Å². The number of hydrogen-bond donors (Lipinski definition) is 0. The summed E-state index contributed by atoms with van der Waals surface area (Å²) in [5, 5.41) is 8.37. The molecule has 2 atom stereocenters. The van der Waals surface area contributed by atoms with Crippen molar-refractivity contribution < 1.29 is 13.9 Å². The Balaban J connectivity index is 1.74. The number of rotatable bonds is 4. The molecular weight excluding hydrogens is 282 g/mol. The second-order valence-corrected chi connectivity index (χ2v) is 5.53. The van der Waals surface area contributed by atoms with Crippen molar-refractivity contribution in [2.45, 2.75) is 26.0 Å². The summed E-state index contributed by atoms with van der Waals surface area (Å²) in [5.41, 5.74) is 0.891. The summed E-state index contributed by atoms with van der Waals surface area (Å²) >= 11 is 0. The van der Waals surface area contributed by atoms with Crippen LogP contribution in [0.3, 0.4) is 0 Å². The van der Waals surface area contributed by atoms with Crippen molar-refractivity contribution in [2.75, 3.05) is 26.8 Å². The summed E-state index contributed by atoms with van der Waals surface area (Å²) in [4.78, 5) is 2.31. The van der Waals surface area contributed by atoms with Gasteiger partial charge < -0.3 is 13.9 Å². The first kappa shape index (κ1) is 15.0. The van der Waals surface area contributed by atoms with Crippen molar-refractivity contribution in [3.63, 3.8) is 0 Å². The number of nitrogens with zero attached hydrogens (tertiary/aromatic N) is 3. The number of morpholine rings is 1. The van der Waals surface area contributed by atoms with Gasteiger partial charge in [-0.15, -0.1) is 10.2 Å². The molecule has 1 aromatic heterocycles. The van der Waals surface area contributed by atoms with Crippen LogP contribution >= 0.6 is 0 Å². The molecule has 1 aliphatic heterocycles. The molecule has 1 saturated heterocycles. The Bertz CT molecular complexity index is 611. The molecule has 1 fully saturated rings. The third-order valence-corrected chi connectivity index (χ3v) is 3.96. The highest BCUT2D eigenvalue weighted by Gasteiger charge is 2.26. The fourth-order valence-corrected chi connectivity index (χ4v) is 2.61. The predicted molar refractivity (Wildman–Crippen MR) is 81.7 cm³/mol. The highest BCUT2D eigenvalue weighted by Crippen LogP contribution is 2.26. The van der Waals surface area contributed by atoms with Crippen LogP contribution in [0, 0.1) is 0 Å². The van der Waals surface area contributed by atoms with E-state index in [-0.39, 0.29) is 12.1 Å². The second kappa shape index (κ2) is 6.46. The van der Waals surface area contributed by atoms with Crippen LogP contribution in [0.2, 0.25) is 0 Å². The maximum absolute atomic E-state index is 5.85. The Morgan fingerprint density at radius 2 is 2.05 bits per heavy atom. The Morgan fingerprint density at radius 3 is 2.73 bits per heavy atom. The van der Waals surface area contributed by atoms with Crippen LogP contribution in [0.15, 0.2) is 28.7 Å². The molecule has 3 rings (SSSR count). The van der Waals surface area contributed by atoms with E-state index in [2.05, 4.69) is 28.9 Å². The molecule has 0 N–H and O–H groups in total. The first-order valence-corrected chi connectivity index (χ1v) is 7.51. The largest absolute Gasteiger partial charge is 0.497 e. The van der Waals surface area contributed by atoms with Crippen molar-refractivity contribution in [1.82, 2.24) is 15.1 Å². The van der Waals surface area contributed by atoms with E-state index in [1.807, 2.05) is 24.3 Å². The van der Waals surface area contributed by atoms with Gasteiger partial charge in [0.15, 0.2) is 0 Å². The number of hydrogen-bond acceptors (Lipinski definition) is 6. The topological polar surface area (TPSA) is 60.6 Å². The average Bonchev–Trinajstić information content (AvgIpc) is 3.04. The van der Waals surface area contributed by atoms with Gasteiger partial charge in [0, 0.05) is 18.7 Å². The van der Waals surface area contributed by atoms with E-state index in [1.165, 1.54) is 0 Å². The molecule has 6 heteroatoms. The number of ether oxygens (including phenoxy) is 2. The Labute approximate surface area is 130 Å². The predicted octanol–water partition coefficient (Wildman–Crippen LogP) is 2.53. The van der Waals surface area contributed by atoms with Gasteiger partial charge in [-0.25, -0.2) is 0 Å². The van der Waals surface area contributed by atoms with Crippen molar-refractivity contribution in [3.05, 3.63) is 30.2 Å². The molecule has 22 heavy (non-hydrogen) atoms. The Hall–Kier alpha value is -1.92. The van der Waals surface area contributed by atoms with E-state index in [4.69, 9.17) is 13.9 Å². The number of aromatic nitrogens is 2. The van der Waals surface area contributed by atoms with E-state index < -0.39 is 0 Å². The molecule has 6 nitrogen and oxygen atoms in total. The van der Waals surface area contributed by atoms with Crippen molar-refractivity contribution in [1.29, 1.82) is 0 Å². The first-order valence-electron chi connectivity index (χ1n) is 7.51. The van der Waals surface area contributed by atoms with Crippen LogP contribution < -0.4 is 4.74 Å². The molecule has 1 aliphatic rings. The third kappa shape index (κ3) is 3.13. The monoisotopic (exact) mass is 303 g/mol. The Morgan fingerprint density at radius 1 is 1.27 bits per heavy atom. The van der Waals surface area contributed by atoms with Crippen molar-refractivity contribution in [3.8, 4) is 17.2 Å². The summed E-state index contributed by atoms with van der Waals surface area (Å²) in [7, 11) is 1.64. The molecule has 1 aromatic carbocycles. The zero-order valence-electron chi connectivity index (χ0n) is 13.2. The fraction of sp³-hybridized carbons (Fsp3) is 0.500. The lowest BCUT2D eigenvalue weighted by Crippen LogP contribution is -2.42. The van der Waals surface area contributed by atoms with Gasteiger partial charge in [-0.05, 0) is 38.1 Å². The highest BCUT2D eigenvalue weighted by molar-refractivity contribution is 5.53. The normalized spacial score (nSPS) is 20.8. The van der Waals surface area contributed by atoms with Gasteiger partial charge in [-0.2, -0.15) is 0 Å². The fourth-order valence-electron chi connectivity index (χ4n) is 2.61. The molecule has 2 heterocycles. The highest BCUT2D eigenvalue weighted by atomic mass is 16.5. The van der Waals surface area contributed by atoms with E-state index >= 15 is 0 Å². The first-order chi connectivity index (χ1) is 10.7. The second-order valence-electron chi connectivity index (χ2n) is 5.53. The summed E-state index contributed by atoms with van der Waals surface area (Å²) < 4.78 is 16.6. The summed E-state index contributed by atoms with van der Waals surface area (Å²) in [5.74, 6) is 1.98. The van der Waals surface area contributed by atoms with Crippen molar-refractivity contribution >= 4 is 0 Å². The standard InChI is InChI=1S/C16H21N3O3/c1-11-10-19(8-9-21-11)12(2)15-17-18-16(22-15)13-4-6-14(20-3)7-5-13/h4-7,11-12H,8-10H2,1-3H3/t11-,12-/m0/s1. The Kier molecular flexibility index (Phi) is 4.40. The zero-order chi connectivity index (χ0) is 15.5. The minimum atomic E-state index is 0.0887. The molecule has 0 unspecified atom stereocenters. The quantitative estimate of drug-likeness (QED) is 0.865. The minimum absolute atomic E-state index is 0.0887. The average molecular weight is 303 g/mol. The molecule has 0 spiro atoms. The number of methoxy groups -OCH3 is 1. The lowest BCUT2D eigenvalue weighted by molar-refractivity contribution is -0.0354. The van der Waals surface area contributed by atoms with Gasteiger partial charge in [-0.3, -0.25) is 4.90 Å². The van der Waals surface area contributed by atoms with Crippen molar-refractivity contribution in [2.24, 2.45) is 0 Å². The third-order valence-electron chi connectivity index (χ3n) is 3.96. The lowest BCUT2D eigenvalue weighted by atomic mass is 10.2. The molecular formula is C16H21N3O3. The van der Waals surface area contributed by atoms with Gasteiger partial charge in [0.25, 0.3) is 0 Å². The van der Waals surface area contributed by atoms with Gasteiger partial charge in [0.05, 0.1) is 25.9 Å². The smallest absolute Gasteiger partial charge is 0.247 e. The van der Waals surface area contributed by atoms with E-state index in [0.29, 0.717) is 11.8 Å². The van der Waals surface area contributed by atoms with E-state index in [0.717, 1.165) is 31.0 Å². The molecule has 0 amide bonds. The van der Waals surface area contributed by atoms with E-state index in [1.54, 1.807) is 7.11 Å². The van der Waals surface area contributed by atoms with Crippen LogP contribution in [-0.2, 0) is 4.74 Å². The summed E-state index contributed by atoms with van der Waals surface area (Å²) in [6.45, 7) is 6.66. The van der Waals surface area contributed by atoms with Crippen LogP contribution in [0.1, 0.15) is 25.8 Å². The number of benzene rings is 1. The van der Waals surface area contributed by atoms with Gasteiger partial charge >= 0.3 is 0 Å². The molecule has 0 saturated carbocycles. The summed E-state index contributed by atoms with van der Waals surface area (Å²) in [6.07, 6.45) is 0.236.